The fourth-order valence-electron chi connectivity index (χ4n) is 2.48. The molecule has 0 aliphatic rings. The molecule has 0 bridgehead atoms. The summed E-state index contributed by atoms with van der Waals surface area (Å²) in [6, 6.07) is 6.32. The maximum atomic E-state index is 13.6. The van der Waals surface area contributed by atoms with Crippen LogP contribution in [0.1, 0.15) is 11.1 Å². The Morgan fingerprint density at radius 1 is 1.15 bits per heavy atom. The van der Waals surface area contributed by atoms with Gasteiger partial charge in [0.25, 0.3) is 0 Å². The van der Waals surface area contributed by atoms with Crippen LogP contribution in [0.5, 0.6) is 0 Å². The number of aromatic nitrogens is 3. The van der Waals surface area contributed by atoms with E-state index in [0.717, 1.165) is 29.5 Å². The van der Waals surface area contributed by atoms with Crippen LogP contribution in [0.15, 0.2) is 48.9 Å². The van der Waals surface area contributed by atoms with E-state index in [4.69, 9.17) is 0 Å². The van der Waals surface area contributed by atoms with Gasteiger partial charge in [0.15, 0.2) is 0 Å². The summed E-state index contributed by atoms with van der Waals surface area (Å²) in [6.45, 7) is -0.0159. The molecule has 0 amide bonds. The van der Waals surface area contributed by atoms with Crippen LogP contribution in [0.3, 0.4) is 0 Å². The first kappa shape index (κ1) is 18.2. The Labute approximate surface area is 149 Å². The minimum absolute atomic E-state index is 0.0159. The van der Waals surface area contributed by atoms with Gasteiger partial charge in [0.05, 0.1) is 11.4 Å². The second-order valence-corrected chi connectivity index (χ2v) is 7.54. The van der Waals surface area contributed by atoms with Gasteiger partial charge >= 0.3 is 0 Å². The van der Waals surface area contributed by atoms with Gasteiger partial charge in [0.2, 0.25) is 10.0 Å². The number of aryl methyl sites for hydroxylation is 1. The molecule has 0 saturated heterocycles. The predicted molar refractivity (Wildman–Crippen MR) is 92.3 cm³/mol. The van der Waals surface area contributed by atoms with E-state index < -0.39 is 27.4 Å². The number of rotatable bonds is 6. The first-order valence-electron chi connectivity index (χ1n) is 7.67. The molecular weight excluding hydrogens is 362 g/mol. The lowest BCUT2D eigenvalue weighted by atomic mass is 10.1. The number of pyridine rings is 1. The van der Waals surface area contributed by atoms with Crippen molar-refractivity contribution in [1.82, 2.24) is 19.5 Å². The van der Waals surface area contributed by atoms with E-state index in [1.165, 1.54) is 6.20 Å². The van der Waals surface area contributed by atoms with Gasteiger partial charge in [-0.2, -0.15) is 5.10 Å². The molecule has 9 heteroatoms. The number of nitrogens with one attached hydrogen (secondary N) is 1. The van der Waals surface area contributed by atoms with Gasteiger partial charge in [-0.05, 0) is 35.9 Å². The second-order valence-electron chi connectivity index (χ2n) is 5.74. The summed E-state index contributed by atoms with van der Waals surface area (Å²) in [5.41, 5.74) is 2.04. The number of halogens is 2. The summed E-state index contributed by atoms with van der Waals surface area (Å²) in [4.78, 5) is 4.11. The van der Waals surface area contributed by atoms with Gasteiger partial charge in [-0.1, -0.05) is 0 Å². The molecule has 2 aromatic heterocycles. The SMILES string of the molecule is Cn1nccc1-c1cncc(CNS(=O)(=O)Cc2cc(F)ccc2F)c1. The highest BCUT2D eigenvalue weighted by atomic mass is 32.2. The zero-order chi connectivity index (χ0) is 18.7. The molecule has 1 N–H and O–H groups in total. The number of hydrogen-bond acceptors (Lipinski definition) is 4. The van der Waals surface area contributed by atoms with Gasteiger partial charge in [0, 0.05) is 43.3 Å². The van der Waals surface area contributed by atoms with Crippen molar-refractivity contribution in [1.29, 1.82) is 0 Å². The average Bonchev–Trinajstić information content (AvgIpc) is 3.03. The van der Waals surface area contributed by atoms with Crippen LogP contribution in [0.2, 0.25) is 0 Å². The monoisotopic (exact) mass is 378 g/mol. The van der Waals surface area contributed by atoms with Crippen LogP contribution >= 0.6 is 0 Å². The fraction of sp³-hybridized carbons (Fsp3) is 0.176. The Kier molecular flexibility index (Phi) is 5.10. The van der Waals surface area contributed by atoms with E-state index in [9.17, 15) is 17.2 Å². The lowest BCUT2D eigenvalue weighted by molar-refractivity contribution is 0.569. The molecule has 0 saturated carbocycles. The number of hydrogen-bond donors (Lipinski definition) is 1. The van der Waals surface area contributed by atoms with Crippen molar-refractivity contribution >= 4 is 10.0 Å². The van der Waals surface area contributed by atoms with Gasteiger partial charge in [-0.3, -0.25) is 9.67 Å². The minimum atomic E-state index is -3.85. The van der Waals surface area contributed by atoms with Crippen LogP contribution in [-0.4, -0.2) is 23.2 Å². The van der Waals surface area contributed by atoms with E-state index in [1.54, 1.807) is 30.2 Å². The van der Waals surface area contributed by atoms with E-state index in [2.05, 4.69) is 14.8 Å². The van der Waals surface area contributed by atoms with Gasteiger partial charge in [-0.25, -0.2) is 21.9 Å². The first-order valence-corrected chi connectivity index (χ1v) is 9.33. The molecular formula is C17H16F2N4O2S. The summed E-state index contributed by atoms with van der Waals surface area (Å²) in [6.07, 6.45) is 4.83. The fourth-order valence-corrected chi connectivity index (χ4v) is 3.60. The maximum Gasteiger partial charge on any atom is 0.216 e. The molecule has 2 heterocycles. The van der Waals surface area contributed by atoms with Crippen molar-refractivity contribution in [3.05, 3.63) is 71.7 Å². The van der Waals surface area contributed by atoms with E-state index in [0.29, 0.717) is 5.56 Å². The van der Waals surface area contributed by atoms with Gasteiger partial charge in [0.1, 0.15) is 11.6 Å². The Morgan fingerprint density at radius 3 is 2.69 bits per heavy atom. The largest absolute Gasteiger partial charge is 0.268 e. The molecule has 0 aliphatic heterocycles. The zero-order valence-corrected chi connectivity index (χ0v) is 14.7. The van der Waals surface area contributed by atoms with Crippen LogP contribution in [0.25, 0.3) is 11.3 Å². The summed E-state index contributed by atoms with van der Waals surface area (Å²) in [5.74, 6) is -2.10. The number of nitrogens with zero attached hydrogens (tertiary/aromatic N) is 3. The van der Waals surface area contributed by atoms with Gasteiger partial charge < -0.3 is 0 Å². The van der Waals surface area contributed by atoms with Crippen molar-refractivity contribution in [3.8, 4) is 11.3 Å². The van der Waals surface area contributed by atoms with E-state index in [-0.39, 0.29) is 12.1 Å². The molecule has 3 rings (SSSR count). The van der Waals surface area contributed by atoms with Crippen LogP contribution in [0, 0.1) is 11.6 Å². The highest BCUT2D eigenvalue weighted by molar-refractivity contribution is 7.88. The molecule has 3 aromatic rings. The third-order valence-electron chi connectivity index (χ3n) is 3.76. The summed E-state index contributed by atoms with van der Waals surface area (Å²) >= 11 is 0. The Bertz CT molecular complexity index is 1030. The standard InChI is InChI=1S/C17H16F2N4O2S/c1-23-17(4-5-21-23)13-6-12(8-20-10-13)9-22-26(24,25)11-14-7-15(18)2-3-16(14)19/h2-8,10,22H,9,11H2,1H3. The third-order valence-corrected chi connectivity index (χ3v) is 5.04. The molecule has 0 atom stereocenters. The zero-order valence-electron chi connectivity index (χ0n) is 13.9. The van der Waals surface area contributed by atoms with Crippen LogP contribution < -0.4 is 4.72 Å². The highest BCUT2D eigenvalue weighted by Crippen LogP contribution is 2.18. The van der Waals surface area contributed by atoms with E-state index in [1.807, 2.05) is 6.07 Å². The minimum Gasteiger partial charge on any atom is -0.268 e. The molecule has 26 heavy (non-hydrogen) atoms. The average molecular weight is 378 g/mol. The van der Waals surface area contributed by atoms with Gasteiger partial charge in [-0.15, -0.1) is 0 Å². The summed E-state index contributed by atoms with van der Waals surface area (Å²) in [5, 5.41) is 4.08. The molecule has 0 radical (unpaired) electrons. The predicted octanol–water partition coefficient (Wildman–Crippen LogP) is 2.38. The third kappa shape index (κ3) is 4.30. The Morgan fingerprint density at radius 2 is 1.96 bits per heavy atom. The maximum absolute atomic E-state index is 13.6. The van der Waals surface area contributed by atoms with Crippen molar-refractivity contribution in [2.75, 3.05) is 0 Å². The van der Waals surface area contributed by atoms with Crippen LogP contribution in [-0.2, 0) is 29.4 Å². The highest BCUT2D eigenvalue weighted by Gasteiger charge is 2.15. The van der Waals surface area contributed by atoms with Crippen molar-refractivity contribution in [3.63, 3.8) is 0 Å². The molecule has 0 fully saturated rings. The lowest BCUT2D eigenvalue weighted by Gasteiger charge is -2.09. The van der Waals surface area contributed by atoms with Crippen molar-refractivity contribution in [2.45, 2.75) is 12.3 Å². The molecule has 0 aliphatic carbocycles. The first-order chi connectivity index (χ1) is 12.3. The van der Waals surface area contributed by atoms with Crippen LogP contribution in [0.4, 0.5) is 8.78 Å². The van der Waals surface area contributed by atoms with Crippen molar-refractivity contribution in [2.24, 2.45) is 7.05 Å². The molecule has 6 nitrogen and oxygen atoms in total. The molecule has 0 unspecified atom stereocenters. The molecule has 136 valence electrons. The van der Waals surface area contributed by atoms with Crippen molar-refractivity contribution < 1.29 is 17.2 Å². The summed E-state index contributed by atoms with van der Waals surface area (Å²) in [7, 11) is -2.06. The number of sulfonamides is 1. The molecule has 1 aromatic carbocycles. The Balaban J connectivity index is 1.72. The quantitative estimate of drug-likeness (QED) is 0.715. The smallest absolute Gasteiger partial charge is 0.216 e. The summed E-state index contributed by atoms with van der Waals surface area (Å²) < 4.78 is 55.2. The normalized spacial score (nSPS) is 11.7. The Hall–Kier alpha value is -2.65. The lowest BCUT2D eigenvalue weighted by Crippen LogP contribution is -2.25. The second kappa shape index (κ2) is 7.30. The molecule has 0 spiro atoms. The topological polar surface area (TPSA) is 76.9 Å². The number of benzene rings is 1. The van der Waals surface area contributed by atoms with E-state index >= 15 is 0 Å².